The van der Waals surface area contributed by atoms with E-state index in [0.29, 0.717) is 6.54 Å². The van der Waals surface area contributed by atoms with E-state index in [2.05, 4.69) is 15.7 Å². The van der Waals surface area contributed by atoms with Gasteiger partial charge in [0.05, 0.1) is 7.11 Å². The highest BCUT2D eigenvalue weighted by Crippen LogP contribution is 2.27. The Morgan fingerprint density at radius 1 is 1.33 bits per heavy atom. The number of nitrogens with one attached hydrogen (secondary N) is 2. The number of para-hydroxylation sites is 1. The van der Waals surface area contributed by atoms with Gasteiger partial charge < -0.3 is 15.4 Å². The number of amides is 1. The molecule has 130 valence electrons. The number of hydrogen-bond donors (Lipinski definition) is 2. The molecule has 1 aromatic carbocycles. The smallest absolute Gasteiger partial charge is 0.248 e. The number of ether oxygens (including phenoxy) is 1. The van der Waals surface area contributed by atoms with E-state index in [9.17, 15) is 4.79 Å². The number of aromatic nitrogens is 2. The van der Waals surface area contributed by atoms with E-state index in [1.807, 2.05) is 36.5 Å². The van der Waals surface area contributed by atoms with Crippen LogP contribution in [-0.2, 0) is 16.9 Å². The first-order valence-corrected chi connectivity index (χ1v) is 7.87. The average Bonchev–Trinajstić information content (AvgIpc) is 3.15. The fourth-order valence-electron chi connectivity index (χ4n) is 3.11. The molecule has 2 aromatic rings. The Hall–Kier alpha value is -2.05. The van der Waals surface area contributed by atoms with Crippen LogP contribution in [0.5, 0.6) is 5.75 Å². The molecule has 0 atom stereocenters. The van der Waals surface area contributed by atoms with Crippen molar-refractivity contribution in [3.63, 3.8) is 0 Å². The maximum absolute atomic E-state index is 13.0. The number of carbonyl (C=O) groups excluding carboxylic acids is 1. The molecule has 1 aliphatic rings. The summed E-state index contributed by atoms with van der Waals surface area (Å²) in [6, 6.07) is 9.58. The van der Waals surface area contributed by atoms with E-state index < -0.39 is 5.54 Å². The molecule has 0 unspecified atom stereocenters. The fraction of sp³-hybridized carbons (Fsp3) is 0.412. The van der Waals surface area contributed by atoms with Crippen LogP contribution in [0.2, 0.25) is 0 Å². The van der Waals surface area contributed by atoms with Crippen molar-refractivity contribution < 1.29 is 9.53 Å². The van der Waals surface area contributed by atoms with E-state index in [1.54, 1.807) is 18.0 Å². The first kappa shape index (κ1) is 18.3. The van der Waals surface area contributed by atoms with Crippen molar-refractivity contribution in [2.75, 3.05) is 20.2 Å². The van der Waals surface area contributed by atoms with Gasteiger partial charge in [-0.3, -0.25) is 9.48 Å². The lowest BCUT2D eigenvalue weighted by Gasteiger charge is -2.36. The van der Waals surface area contributed by atoms with Gasteiger partial charge in [0, 0.05) is 24.5 Å². The topological polar surface area (TPSA) is 68.2 Å². The third kappa shape index (κ3) is 3.55. The van der Waals surface area contributed by atoms with E-state index in [1.165, 1.54) is 0 Å². The molecule has 1 aromatic heterocycles. The number of piperidine rings is 1. The van der Waals surface area contributed by atoms with Gasteiger partial charge in [-0.2, -0.15) is 5.10 Å². The van der Waals surface area contributed by atoms with Crippen molar-refractivity contribution in [1.82, 2.24) is 20.4 Å². The van der Waals surface area contributed by atoms with Crippen LogP contribution in [0, 0.1) is 0 Å². The summed E-state index contributed by atoms with van der Waals surface area (Å²) in [5.74, 6) is 0.792. The van der Waals surface area contributed by atoms with Crippen LogP contribution in [0.3, 0.4) is 0 Å². The van der Waals surface area contributed by atoms with Crippen LogP contribution < -0.4 is 15.4 Å². The number of methoxy groups -OCH3 is 1. The molecule has 2 N–H and O–H groups in total. The monoisotopic (exact) mass is 350 g/mol. The van der Waals surface area contributed by atoms with Gasteiger partial charge in [0.25, 0.3) is 0 Å². The molecule has 0 saturated carbocycles. The molecule has 24 heavy (non-hydrogen) atoms. The molecule has 6 nitrogen and oxygen atoms in total. The summed E-state index contributed by atoms with van der Waals surface area (Å²) in [5, 5.41) is 10.7. The second-order valence-electron chi connectivity index (χ2n) is 5.73. The number of benzene rings is 1. The zero-order valence-corrected chi connectivity index (χ0v) is 14.5. The molecule has 1 saturated heterocycles. The summed E-state index contributed by atoms with van der Waals surface area (Å²) in [7, 11) is 1.64. The average molecular weight is 351 g/mol. The lowest BCUT2D eigenvalue weighted by Crippen LogP contribution is -2.54. The minimum atomic E-state index is -0.614. The molecule has 1 aliphatic heterocycles. The van der Waals surface area contributed by atoms with Gasteiger partial charge in [0.15, 0.2) is 0 Å². The van der Waals surface area contributed by atoms with E-state index in [0.717, 1.165) is 37.2 Å². The Morgan fingerprint density at radius 2 is 2.08 bits per heavy atom. The van der Waals surface area contributed by atoms with Crippen molar-refractivity contribution >= 4 is 18.3 Å². The third-order valence-electron chi connectivity index (χ3n) is 4.43. The van der Waals surface area contributed by atoms with Crippen LogP contribution in [0.4, 0.5) is 0 Å². The molecule has 0 bridgehead atoms. The highest BCUT2D eigenvalue weighted by Gasteiger charge is 2.41. The fourth-order valence-corrected chi connectivity index (χ4v) is 3.11. The molecule has 7 heteroatoms. The maximum Gasteiger partial charge on any atom is 0.248 e. The maximum atomic E-state index is 13.0. The van der Waals surface area contributed by atoms with Crippen molar-refractivity contribution in [1.29, 1.82) is 0 Å². The lowest BCUT2D eigenvalue weighted by atomic mass is 9.87. The predicted molar refractivity (Wildman–Crippen MR) is 94.4 cm³/mol. The van der Waals surface area contributed by atoms with Crippen LogP contribution in [0.1, 0.15) is 18.4 Å². The second kappa shape index (κ2) is 8.17. The van der Waals surface area contributed by atoms with Gasteiger partial charge >= 0.3 is 0 Å². The zero-order chi connectivity index (χ0) is 16.1. The van der Waals surface area contributed by atoms with Gasteiger partial charge in [-0.15, -0.1) is 12.4 Å². The Balaban J connectivity index is 0.00000208. The molecule has 2 heterocycles. The summed E-state index contributed by atoms with van der Waals surface area (Å²) >= 11 is 0. The number of nitrogens with zero attached hydrogens (tertiary/aromatic N) is 2. The molecular weight excluding hydrogens is 328 g/mol. The van der Waals surface area contributed by atoms with Crippen LogP contribution in [0.25, 0.3) is 0 Å². The van der Waals surface area contributed by atoms with E-state index in [-0.39, 0.29) is 18.3 Å². The van der Waals surface area contributed by atoms with Gasteiger partial charge in [-0.25, -0.2) is 0 Å². The molecule has 0 spiro atoms. The molecular formula is C17H23ClN4O2. The van der Waals surface area contributed by atoms with Gasteiger partial charge in [-0.1, -0.05) is 18.2 Å². The number of halogens is 1. The van der Waals surface area contributed by atoms with Gasteiger partial charge in [0.2, 0.25) is 5.91 Å². The van der Waals surface area contributed by atoms with Gasteiger partial charge in [0.1, 0.15) is 11.3 Å². The Kier molecular flexibility index (Phi) is 6.23. The largest absolute Gasteiger partial charge is 0.496 e. The zero-order valence-electron chi connectivity index (χ0n) is 13.7. The van der Waals surface area contributed by atoms with Crippen molar-refractivity contribution in [3.8, 4) is 5.75 Å². The van der Waals surface area contributed by atoms with Crippen LogP contribution in [0.15, 0.2) is 42.7 Å². The number of hydrogen-bond acceptors (Lipinski definition) is 4. The first-order valence-electron chi connectivity index (χ1n) is 7.87. The van der Waals surface area contributed by atoms with Crippen molar-refractivity contribution in [2.24, 2.45) is 0 Å². The second-order valence-corrected chi connectivity index (χ2v) is 5.73. The molecule has 3 rings (SSSR count). The molecule has 0 radical (unpaired) electrons. The van der Waals surface area contributed by atoms with E-state index in [4.69, 9.17) is 4.74 Å². The van der Waals surface area contributed by atoms with Gasteiger partial charge in [-0.05, 0) is 38.1 Å². The summed E-state index contributed by atoms with van der Waals surface area (Å²) in [6.45, 7) is 2.06. The number of rotatable bonds is 5. The normalized spacial score (nSPS) is 16.0. The van der Waals surface area contributed by atoms with Crippen LogP contribution in [-0.4, -0.2) is 35.9 Å². The summed E-state index contributed by atoms with van der Waals surface area (Å²) in [5.41, 5.74) is 0.351. The lowest BCUT2D eigenvalue weighted by molar-refractivity contribution is -0.132. The summed E-state index contributed by atoms with van der Waals surface area (Å²) < 4.78 is 7.14. The predicted octanol–water partition coefficient (Wildman–Crippen LogP) is 1.71. The first-order chi connectivity index (χ1) is 11.3. The molecule has 0 aliphatic carbocycles. The highest BCUT2D eigenvalue weighted by atomic mass is 35.5. The summed E-state index contributed by atoms with van der Waals surface area (Å²) in [6.07, 6.45) is 5.05. The minimum Gasteiger partial charge on any atom is -0.496 e. The minimum absolute atomic E-state index is 0. The number of carbonyl (C=O) groups is 1. The van der Waals surface area contributed by atoms with Crippen molar-refractivity contribution in [3.05, 3.63) is 48.3 Å². The Morgan fingerprint density at radius 3 is 2.75 bits per heavy atom. The van der Waals surface area contributed by atoms with E-state index >= 15 is 0 Å². The Labute approximate surface area is 148 Å². The van der Waals surface area contributed by atoms with Crippen LogP contribution >= 0.6 is 12.4 Å². The standard InChI is InChI=1S/C17H22N4O2.ClH/c1-23-15-6-3-2-5-14(15)13-19-16(22)17(7-10-18-11-8-17)21-12-4-9-20-21;/h2-6,9,12,18H,7-8,10-11,13H2,1H3,(H,19,22);1H. The highest BCUT2D eigenvalue weighted by molar-refractivity contribution is 5.85. The quantitative estimate of drug-likeness (QED) is 0.861. The third-order valence-corrected chi connectivity index (χ3v) is 4.43. The SMILES string of the molecule is COc1ccccc1CNC(=O)C1(n2cccn2)CCNCC1.Cl. The molecule has 1 fully saturated rings. The Bertz CT molecular complexity index is 654. The molecule has 1 amide bonds. The van der Waals surface area contributed by atoms with Crippen molar-refractivity contribution in [2.45, 2.75) is 24.9 Å². The summed E-state index contributed by atoms with van der Waals surface area (Å²) in [4.78, 5) is 13.0.